The third kappa shape index (κ3) is 8.15. The first-order chi connectivity index (χ1) is 16.2. The Morgan fingerprint density at radius 1 is 0.943 bits per heavy atom. The monoisotopic (exact) mass is 581 g/mol. The second kappa shape index (κ2) is 12.5. The molecule has 0 unspecified atom stereocenters. The highest BCUT2D eigenvalue weighted by atomic mass is 35.5. The van der Waals surface area contributed by atoms with Crippen molar-refractivity contribution in [1.82, 2.24) is 10.2 Å². The topological polar surface area (TPSA) is 86.8 Å². The zero-order valence-electron chi connectivity index (χ0n) is 19.7. The minimum atomic E-state index is -3.89. The number of anilines is 1. The molecule has 0 heterocycles. The van der Waals surface area contributed by atoms with Gasteiger partial charge in [0.15, 0.2) is 0 Å². The first-order valence-electron chi connectivity index (χ1n) is 10.7. The van der Waals surface area contributed by atoms with E-state index in [0.717, 1.165) is 10.6 Å². The van der Waals surface area contributed by atoms with Crippen LogP contribution in [0.4, 0.5) is 5.69 Å². The third-order valence-corrected chi connectivity index (χ3v) is 7.99. The number of nitrogens with one attached hydrogen (secondary N) is 1. The van der Waals surface area contributed by atoms with Crippen LogP contribution in [0.1, 0.15) is 32.8 Å². The molecule has 0 bridgehead atoms. The minimum absolute atomic E-state index is 0.00376. The number of carbonyl (C=O) groups excluding carboxylic acids is 2. The summed E-state index contributed by atoms with van der Waals surface area (Å²) in [5, 5.41) is 3.88. The molecule has 0 saturated carbocycles. The maximum Gasteiger partial charge on any atom is 0.244 e. The molecule has 0 aliphatic heterocycles. The average molecular weight is 583 g/mol. The summed E-state index contributed by atoms with van der Waals surface area (Å²) >= 11 is 24.2. The van der Waals surface area contributed by atoms with Gasteiger partial charge in [0.1, 0.15) is 12.6 Å². The normalized spacial score (nSPS) is 13.1. The standard InChI is InChI=1S/C23H27Cl4N3O4S/c1-5-14(2)28-23(32)15(3)29(12-16-6-8-18(24)20(26)10-16)22(31)13-30(35(4,33)34)17-7-9-19(25)21(27)11-17/h6-11,14-15H,5,12-13H2,1-4H3,(H,28,32)/t14-,15+/m1/s1. The molecule has 0 radical (unpaired) electrons. The van der Waals surface area contributed by atoms with Crippen LogP contribution < -0.4 is 9.62 Å². The van der Waals surface area contributed by atoms with E-state index in [-0.39, 0.29) is 34.2 Å². The lowest BCUT2D eigenvalue weighted by Gasteiger charge is -2.32. The predicted octanol–water partition coefficient (Wildman–Crippen LogP) is 5.40. The molecule has 0 aromatic heterocycles. The molecule has 2 rings (SSSR count). The van der Waals surface area contributed by atoms with E-state index >= 15 is 0 Å². The van der Waals surface area contributed by atoms with E-state index in [4.69, 9.17) is 46.4 Å². The van der Waals surface area contributed by atoms with Crippen molar-refractivity contribution >= 4 is 73.9 Å². The number of carbonyl (C=O) groups is 2. The zero-order valence-corrected chi connectivity index (χ0v) is 23.5. The van der Waals surface area contributed by atoms with Gasteiger partial charge in [-0.05, 0) is 56.2 Å². The van der Waals surface area contributed by atoms with Crippen LogP contribution in [0, 0.1) is 0 Å². The van der Waals surface area contributed by atoms with Crippen LogP contribution in [0.5, 0.6) is 0 Å². The Morgan fingerprint density at radius 3 is 2.03 bits per heavy atom. The first kappa shape index (κ1) is 29.5. The quantitative estimate of drug-likeness (QED) is 0.406. The van der Waals surface area contributed by atoms with Gasteiger partial charge in [0.2, 0.25) is 21.8 Å². The Kier molecular flexibility index (Phi) is 10.5. The van der Waals surface area contributed by atoms with Crippen molar-refractivity contribution in [2.75, 3.05) is 17.1 Å². The molecular weight excluding hydrogens is 556 g/mol. The van der Waals surface area contributed by atoms with E-state index in [1.54, 1.807) is 25.1 Å². The molecule has 0 spiro atoms. The van der Waals surface area contributed by atoms with Gasteiger partial charge >= 0.3 is 0 Å². The summed E-state index contributed by atoms with van der Waals surface area (Å²) in [5.74, 6) is -0.965. The third-order valence-electron chi connectivity index (χ3n) is 5.38. The molecule has 0 aliphatic rings. The highest BCUT2D eigenvalue weighted by Crippen LogP contribution is 2.29. The van der Waals surface area contributed by atoms with Crippen molar-refractivity contribution in [3.05, 3.63) is 62.1 Å². The second-order valence-electron chi connectivity index (χ2n) is 8.13. The average Bonchev–Trinajstić information content (AvgIpc) is 2.78. The fraction of sp³-hybridized carbons (Fsp3) is 0.391. The molecule has 0 saturated heterocycles. The van der Waals surface area contributed by atoms with Crippen LogP contribution in [0.15, 0.2) is 36.4 Å². The smallest absolute Gasteiger partial charge is 0.244 e. The molecule has 2 aromatic rings. The number of hydrogen-bond donors (Lipinski definition) is 1. The van der Waals surface area contributed by atoms with E-state index in [1.807, 2.05) is 13.8 Å². The molecule has 192 valence electrons. The predicted molar refractivity (Wildman–Crippen MR) is 143 cm³/mol. The maximum absolute atomic E-state index is 13.5. The van der Waals surface area contributed by atoms with Crippen LogP contribution in [0.3, 0.4) is 0 Å². The number of amides is 2. The summed E-state index contributed by atoms with van der Waals surface area (Å²) in [5.41, 5.74) is 0.790. The Hall–Kier alpha value is -1.71. The van der Waals surface area contributed by atoms with E-state index < -0.39 is 28.5 Å². The Bertz CT molecular complexity index is 1190. The second-order valence-corrected chi connectivity index (χ2v) is 11.7. The highest BCUT2D eigenvalue weighted by Gasteiger charge is 2.30. The van der Waals surface area contributed by atoms with Crippen LogP contribution >= 0.6 is 46.4 Å². The Morgan fingerprint density at radius 2 is 1.51 bits per heavy atom. The molecule has 2 amide bonds. The molecule has 0 fully saturated rings. The lowest BCUT2D eigenvalue weighted by molar-refractivity contribution is -0.139. The number of hydrogen-bond acceptors (Lipinski definition) is 4. The summed E-state index contributed by atoms with van der Waals surface area (Å²) in [7, 11) is -3.89. The minimum Gasteiger partial charge on any atom is -0.352 e. The SMILES string of the molecule is CC[C@@H](C)NC(=O)[C@H](C)N(Cc1ccc(Cl)c(Cl)c1)C(=O)CN(c1ccc(Cl)c(Cl)c1)S(C)(=O)=O. The lowest BCUT2D eigenvalue weighted by Crippen LogP contribution is -2.52. The highest BCUT2D eigenvalue weighted by molar-refractivity contribution is 7.92. The van der Waals surface area contributed by atoms with Gasteiger partial charge in [-0.25, -0.2) is 8.42 Å². The number of rotatable bonds is 10. The fourth-order valence-electron chi connectivity index (χ4n) is 3.14. The molecule has 1 N–H and O–H groups in total. The summed E-state index contributed by atoms with van der Waals surface area (Å²) in [4.78, 5) is 27.7. The lowest BCUT2D eigenvalue weighted by atomic mass is 10.1. The van der Waals surface area contributed by atoms with Gasteiger partial charge in [-0.1, -0.05) is 59.4 Å². The largest absolute Gasteiger partial charge is 0.352 e. The molecule has 2 atom stereocenters. The number of benzene rings is 2. The van der Waals surface area contributed by atoms with Crippen LogP contribution in [-0.4, -0.2) is 50.0 Å². The summed E-state index contributed by atoms with van der Waals surface area (Å²) in [6.07, 6.45) is 1.68. The van der Waals surface area contributed by atoms with Crippen LogP contribution in [-0.2, 0) is 26.2 Å². The van der Waals surface area contributed by atoms with Crippen molar-refractivity contribution in [3.8, 4) is 0 Å². The number of nitrogens with zero attached hydrogens (tertiary/aromatic N) is 2. The van der Waals surface area contributed by atoms with Crippen molar-refractivity contribution < 1.29 is 18.0 Å². The Labute approximate surface area is 226 Å². The molecule has 2 aromatic carbocycles. The first-order valence-corrected chi connectivity index (χ1v) is 14.1. The van der Waals surface area contributed by atoms with Crippen molar-refractivity contribution in [1.29, 1.82) is 0 Å². The van der Waals surface area contributed by atoms with Gasteiger partial charge in [-0.2, -0.15) is 0 Å². The van der Waals surface area contributed by atoms with Gasteiger partial charge in [0.25, 0.3) is 0 Å². The van der Waals surface area contributed by atoms with E-state index in [1.165, 1.54) is 23.1 Å². The van der Waals surface area contributed by atoms with E-state index in [9.17, 15) is 18.0 Å². The zero-order chi connectivity index (χ0) is 26.5. The molecular formula is C23H27Cl4N3O4S. The van der Waals surface area contributed by atoms with Crippen molar-refractivity contribution in [2.24, 2.45) is 0 Å². The van der Waals surface area contributed by atoms with Gasteiger partial charge in [-0.3, -0.25) is 13.9 Å². The molecule has 12 heteroatoms. The molecule has 7 nitrogen and oxygen atoms in total. The van der Waals surface area contributed by atoms with Gasteiger partial charge < -0.3 is 10.2 Å². The van der Waals surface area contributed by atoms with E-state index in [0.29, 0.717) is 22.0 Å². The van der Waals surface area contributed by atoms with Crippen LogP contribution in [0.2, 0.25) is 20.1 Å². The van der Waals surface area contributed by atoms with Gasteiger partial charge in [0.05, 0.1) is 32.0 Å². The van der Waals surface area contributed by atoms with Gasteiger partial charge in [-0.15, -0.1) is 0 Å². The van der Waals surface area contributed by atoms with Crippen molar-refractivity contribution in [3.63, 3.8) is 0 Å². The van der Waals surface area contributed by atoms with Crippen LogP contribution in [0.25, 0.3) is 0 Å². The summed E-state index contributed by atoms with van der Waals surface area (Å²) < 4.78 is 26.1. The van der Waals surface area contributed by atoms with Crippen molar-refractivity contribution in [2.45, 2.75) is 45.8 Å². The maximum atomic E-state index is 13.5. The van der Waals surface area contributed by atoms with E-state index in [2.05, 4.69) is 5.32 Å². The van der Waals surface area contributed by atoms with Gasteiger partial charge in [0, 0.05) is 12.6 Å². The summed E-state index contributed by atoms with van der Waals surface area (Å²) in [6, 6.07) is 8.11. The number of halogens is 4. The summed E-state index contributed by atoms with van der Waals surface area (Å²) in [6.45, 7) is 4.81. The molecule has 0 aliphatic carbocycles. The fourth-order valence-corrected chi connectivity index (χ4v) is 4.59. The number of sulfonamides is 1. The Balaban J connectivity index is 2.43. The molecule has 35 heavy (non-hydrogen) atoms.